The second-order valence-corrected chi connectivity index (χ2v) is 6.93. The van der Waals surface area contributed by atoms with Gasteiger partial charge in [-0.25, -0.2) is 4.39 Å². The molecule has 3 aromatic rings. The van der Waals surface area contributed by atoms with Crippen molar-refractivity contribution in [3.63, 3.8) is 0 Å². The number of benzene rings is 2. The van der Waals surface area contributed by atoms with Crippen LogP contribution in [-0.2, 0) is 11.3 Å². The van der Waals surface area contributed by atoms with E-state index in [1.807, 2.05) is 30.3 Å². The van der Waals surface area contributed by atoms with E-state index in [0.29, 0.717) is 23.6 Å². The van der Waals surface area contributed by atoms with Crippen LogP contribution in [0.5, 0.6) is 11.5 Å². The Labute approximate surface area is 176 Å². The highest BCUT2D eigenvalue weighted by Crippen LogP contribution is 2.37. The third kappa shape index (κ3) is 5.11. The molecule has 5 nitrogen and oxygen atoms in total. The molecular weight excluding hydrogens is 439 g/mol. The predicted octanol–water partition coefficient (Wildman–Crippen LogP) is 5.20. The zero-order chi connectivity index (χ0) is 20.6. The number of nitriles is 1. The van der Waals surface area contributed by atoms with Gasteiger partial charge in [0.15, 0.2) is 6.79 Å². The molecule has 0 saturated heterocycles. The minimum Gasteiger partial charge on any atom is -0.487 e. The van der Waals surface area contributed by atoms with Gasteiger partial charge in [0, 0.05) is 24.9 Å². The van der Waals surface area contributed by atoms with Gasteiger partial charge >= 0.3 is 0 Å². The van der Waals surface area contributed by atoms with Crippen LogP contribution in [0.3, 0.4) is 0 Å². The van der Waals surface area contributed by atoms with Gasteiger partial charge in [-0.05, 0) is 39.7 Å². The molecule has 0 aliphatic carbocycles. The Morgan fingerprint density at radius 3 is 2.62 bits per heavy atom. The van der Waals surface area contributed by atoms with Crippen molar-refractivity contribution in [1.82, 2.24) is 4.98 Å². The fourth-order valence-electron chi connectivity index (χ4n) is 2.77. The monoisotopic (exact) mass is 456 g/mol. The minimum atomic E-state index is -0.828. The molecule has 7 heteroatoms. The van der Waals surface area contributed by atoms with Crippen molar-refractivity contribution in [3.8, 4) is 17.6 Å². The maximum atomic E-state index is 14.1. The zero-order valence-corrected chi connectivity index (χ0v) is 17.2. The highest BCUT2D eigenvalue weighted by Gasteiger charge is 2.25. The number of methoxy groups -OCH3 is 1. The zero-order valence-electron chi connectivity index (χ0n) is 15.6. The van der Waals surface area contributed by atoms with Gasteiger partial charge < -0.3 is 14.2 Å². The van der Waals surface area contributed by atoms with E-state index in [2.05, 4.69) is 27.0 Å². The quantitative estimate of drug-likeness (QED) is 0.435. The Morgan fingerprint density at radius 1 is 1.10 bits per heavy atom. The Kier molecular flexibility index (Phi) is 7.17. The van der Waals surface area contributed by atoms with Gasteiger partial charge in [0.05, 0.1) is 10.5 Å². The summed E-state index contributed by atoms with van der Waals surface area (Å²) in [6.07, 6.45) is 1.59. The van der Waals surface area contributed by atoms with Crippen LogP contribution in [0.15, 0.2) is 65.3 Å². The van der Waals surface area contributed by atoms with Gasteiger partial charge in [0.2, 0.25) is 0 Å². The molecule has 3 rings (SSSR count). The molecule has 1 atom stereocenters. The second kappa shape index (κ2) is 10.0. The number of hydrogen-bond donors (Lipinski definition) is 0. The van der Waals surface area contributed by atoms with Crippen molar-refractivity contribution in [2.75, 3.05) is 13.9 Å². The van der Waals surface area contributed by atoms with E-state index in [1.54, 1.807) is 18.3 Å². The van der Waals surface area contributed by atoms with E-state index in [0.717, 1.165) is 5.56 Å². The highest BCUT2D eigenvalue weighted by molar-refractivity contribution is 9.10. The molecule has 0 spiro atoms. The standard InChI is InChI=1S/C22H18BrFN2O3/c1-27-14-29-21-11-19(24)18(23)10-16(21)17(12-25)22-20(8-5-9-26-22)28-13-15-6-3-2-4-7-15/h2-11,17H,13-14H2,1H3. The summed E-state index contributed by atoms with van der Waals surface area (Å²) in [4.78, 5) is 4.37. The first kappa shape index (κ1) is 20.8. The van der Waals surface area contributed by atoms with Crippen LogP contribution in [0.25, 0.3) is 0 Å². The lowest BCUT2D eigenvalue weighted by Crippen LogP contribution is -2.09. The Hall–Kier alpha value is -2.95. The number of rotatable bonds is 8. The summed E-state index contributed by atoms with van der Waals surface area (Å²) in [5.41, 5.74) is 1.87. The van der Waals surface area contributed by atoms with Crippen molar-refractivity contribution in [2.24, 2.45) is 0 Å². The van der Waals surface area contributed by atoms with Crippen molar-refractivity contribution in [2.45, 2.75) is 12.5 Å². The second-order valence-electron chi connectivity index (χ2n) is 6.08. The molecule has 0 amide bonds. The molecule has 1 heterocycles. The number of aromatic nitrogens is 1. The molecule has 2 aromatic carbocycles. The Morgan fingerprint density at radius 2 is 1.90 bits per heavy atom. The van der Waals surface area contributed by atoms with Crippen molar-refractivity contribution in [1.29, 1.82) is 5.26 Å². The number of ether oxygens (including phenoxy) is 3. The number of hydrogen-bond acceptors (Lipinski definition) is 5. The molecule has 1 aromatic heterocycles. The summed E-state index contributed by atoms with van der Waals surface area (Å²) in [6, 6.07) is 18.1. The van der Waals surface area contributed by atoms with Crippen LogP contribution >= 0.6 is 15.9 Å². The summed E-state index contributed by atoms with van der Waals surface area (Å²) in [5, 5.41) is 9.91. The van der Waals surface area contributed by atoms with Gasteiger partial charge in [-0.15, -0.1) is 0 Å². The largest absolute Gasteiger partial charge is 0.487 e. The molecule has 0 saturated carbocycles. The third-order valence-electron chi connectivity index (χ3n) is 4.14. The lowest BCUT2D eigenvalue weighted by atomic mass is 9.95. The molecule has 0 bridgehead atoms. The minimum absolute atomic E-state index is 0.0776. The van der Waals surface area contributed by atoms with E-state index in [1.165, 1.54) is 19.2 Å². The maximum Gasteiger partial charge on any atom is 0.188 e. The van der Waals surface area contributed by atoms with E-state index in [-0.39, 0.29) is 17.0 Å². The smallest absolute Gasteiger partial charge is 0.188 e. The van der Waals surface area contributed by atoms with Crippen LogP contribution in [-0.4, -0.2) is 18.9 Å². The number of nitrogens with zero attached hydrogens (tertiary/aromatic N) is 2. The Balaban J connectivity index is 1.97. The summed E-state index contributed by atoms with van der Waals surface area (Å²) < 4.78 is 30.6. The van der Waals surface area contributed by atoms with Crippen molar-refractivity contribution >= 4 is 15.9 Å². The van der Waals surface area contributed by atoms with Gasteiger partial charge in [0.1, 0.15) is 35.5 Å². The third-order valence-corrected chi connectivity index (χ3v) is 4.74. The molecule has 0 radical (unpaired) electrons. The summed E-state index contributed by atoms with van der Waals surface area (Å²) in [5.74, 6) is -0.649. The first-order chi connectivity index (χ1) is 14.1. The molecule has 0 aliphatic heterocycles. The van der Waals surface area contributed by atoms with E-state index >= 15 is 0 Å². The van der Waals surface area contributed by atoms with Crippen LogP contribution in [0.4, 0.5) is 4.39 Å². The summed E-state index contributed by atoms with van der Waals surface area (Å²) in [6.45, 7) is 0.254. The van der Waals surface area contributed by atoms with E-state index < -0.39 is 11.7 Å². The number of halogens is 2. The average Bonchev–Trinajstić information content (AvgIpc) is 2.75. The summed E-state index contributed by atoms with van der Waals surface area (Å²) >= 11 is 3.18. The normalized spacial score (nSPS) is 11.5. The van der Waals surface area contributed by atoms with E-state index in [4.69, 9.17) is 14.2 Å². The lowest BCUT2D eigenvalue weighted by Gasteiger charge is -2.18. The molecule has 29 heavy (non-hydrogen) atoms. The van der Waals surface area contributed by atoms with Crippen molar-refractivity contribution in [3.05, 3.63) is 87.9 Å². The van der Waals surface area contributed by atoms with E-state index in [9.17, 15) is 9.65 Å². The molecular formula is C22H18BrFN2O3. The maximum absolute atomic E-state index is 14.1. The highest BCUT2D eigenvalue weighted by atomic mass is 79.9. The van der Waals surface area contributed by atoms with Crippen LogP contribution in [0.2, 0.25) is 0 Å². The number of pyridine rings is 1. The lowest BCUT2D eigenvalue weighted by molar-refractivity contribution is 0.0501. The molecule has 0 aliphatic rings. The Bertz CT molecular complexity index is 1010. The SMILES string of the molecule is COCOc1cc(F)c(Br)cc1C(C#N)c1ncccc1OCc1ccccc1. The average molecular weight is 457 g/mol. The topological polar surface area (TPSA) is 64.4 Å². The fraction of sp³-hybridized carbons (Fsp3) is 0.182. The fourth-order valence-corrected chi connectivity index (χ4v) is 3.13. The van der Waals surface area contributed by atoms with Crippen LogP contribution in [0, 0.1) is 17.1 Å². The molecule has 0 N–H and O–H groups in total. The molecule has 1 unspecified atom stereocenters. The van der Waals surface area contributed by atoms with Gasteiger partial charge in [0.25, 0.3) is 0 Å². The predicted molar refractivity (Wildman–Crippen MR) is 109 cm³/mol. The first-order valence-corrected chi connectivity index (χ1v) is 9.55. The molecule has 0 fully saturated rings. The van der Waals surface area contributed by atoms with Crippen LogP contribution < -0.4 is 9.47 Å². The van der Waals surface area contributed by atoms with Crippen molar-refractivity contribution < 1.29 is 18.6 Å². The van der Waals surface area contributed by atoms with Gasteiger partial charge in [-0.2, -0.15) is 5.26 Å². The van der Waals surface area contributed by atoms with Gasteiger partial charge in [-0.3, -0.25) is 4.98 Å². The summed E-state index contributed by atoms with van der Waals surface area (Å²) in [7, 11) is 1.46. The first-order valence-electron chi connectivity index (χ1n) is 8.76. The molecule has 148 valence electrons. The van der Waals surface area contributed by atoms with Gasteiger partial charge in [-0.1, -0.05) is 30.3 Å². The van der Waals surface area contributed by atoms with Crippen LogP contribution in [0.1, 0.15) is 22.7 Å².